The van der Waals surface area contributed by atoms with Gasteiger partial charge in [-0.05, 0) is 37.5 Å². The lowest BCUT2D eigenvalue weighted by Crippen LogP contribution is -1.98. The molecule has 0 heterocycles. The molecule has 1 aromatic rings. The van der Waals surface area contributed by atoms with Crippen LogP contribution in [0.5, 0.6) is 5.75 Å². The van der Waals surface area contributed by atoms with E-state index in [-0.39, 0.29) is 6.61 Å². The zero-order chi connectivity index (χ0) is 11.1. The average molecular weight is 230 g/mol. The molecule has 0 radical (unpaired) electrons. The van der Waals surface area contributed by atoms with E-state index in [1.165, 1.54) is 0 Å². The Morgan fingerprint density at radius 3 is 2.73 bits per heavy atom. The van der Waals surface area contributed by atoms with Gasteiger partial charge in [-0.1, -0.05) is 11.6 Å². The minimum absolute atomic E-state index is 0.239. The van der Waals surface area contributed by atoms with Gasteiger partial charge in [-0.2, -0.15) is 0 Å². The zero-order valence-electron chi connectivity index (χ0n) is 8.58. The maximum absolute atomic E-state index is 8.58. The summed E-state index contributed by atoms with van der Waals surface area (Å²) in [4.78, 5) is 0. The first-order valence-corrected chi connectivity index (χ1v) is 5.40. The van der Waals surface area contributed by atoms with Crippen LogP contribution >= 0.6 is 11.6 Å². The van der Waals surface area contributed by atoms with Crippen LogP contribution in [0.2, 0.25) is 5.02 Å². The highest BCUT2D eigenvalue weighted by Crippen LogP contribution is 2.26. The molecule has 0 spiro atoms. The van der Waals surface area contributed by atoms with E-state index in [2.05, 4.69) is 0 Å². The molecular formula is C11H16ClNO2. The van der Waals surface area contributed by atoms with Crippen molar-refractivity contribution in [1.29, 1.82) is 0 Å². The number of ether oxygens (including phenoxy) is 1. The molecule has 0 amide bonds. The number of aliphatic hydroxyl groups is 1. The summed E-state index contributed by atoms with van der Waals surface area (Å²) < 4.78 is 5.47. The molecule has 1 rings (SSSR count). The Morgan fingerprint density at radius 2 is 2.07 bits per heavy atom. The minimum Gasteiger partial charge on any atom is -0.492 e. The van der Waals surface area contributed by atoms with Crippen LogP contribution in [0.4, 0.5) is 5.69 Å². The molecule has 1 aromatic carbocycles. The second-order valence-electron chi connectivity index (χ2n) is 3.32. The van der Waals surface area contributed by atoms with Crippen molar-refractivity contribution >= 4 is 17.3 Å². The van der Waals surface area contributed by atoms with E-state index in [0.29, 0.717) is 23.1 Å². The number of unbranched alkanes of at least 4 members (excludes halogenated alkanes) is 2. The van der Waals surface area contributed by atoms with E-state index in [0.717, 1.165) is 19.3 Å². The highest BCUT2D eigenvalue weighted by Gasteiger charge is 2.01. The summed E-state index contributed by atoms with van der Waals surface area (Å²) in [6, 6.07) is 5.20. The van der Waals surface area contributed by atoms with Crippen LogP contribution in [0.3, 0.4) is 0 Å². The minimum atomic E-state index is 0.239. The second kappa shape index (κ2) is 6.53. The number of nitrogen functional groups attached to an aromatic ring is 1. The van der Waals surface area contributed by atoms with Crippen LogP contribution in [-0.4, -0.2) is 18.3 Å². The maximum Gasteiger partial charge on any atom is 0.138 e. The van der Waals surface area contributed by atoms with Crippen molar-refractivity contribution < 1.29 is 9.84 Å². The van der Waals surface area contributed by atoms with Gasteiger partial charge in [-0.15, -0.1) is 0 Å². The van der Waals surface area contributed by atoms with Crippen molar-refractivity contribution in [1.82, 2.24) is 0 Å². The first kappa shape index (κ1) is 12.1. The van der Waals surface area contributed by atoms with Gasteiger partial charge in [-0.3, -0.25) is 0 Å². The maximum atomic E-state index is 8.58. The molecule has 0 aliphatic heterocycles. The molecule has 0 saturated carbocycles. The Kier molecular flexibility index (Phi) is 5.29. The SMILES string of the molecule is Nc1ccc(OCCCCCO)c(Cl)c1. The zero-order valence-corrected chi connectivity index (χ0v) is 9.33. The summed E-state index contributed by atoms with van der Waals surface area (Å²) in [5.41, 5.74) is 6.19. The second-order valence-corrected chi connectivity index (χ2v) is 3.73. The number of aliphatic hydroxyl groups excluding tert-OH is 1. The Morgan fingerprint density at radius 1 is 1.27 bits per heavy atom. The van der Waals surface area contributed by atoms with Crippen LogP contribution in [0.25, 0.3) is 0 Å². The molecule has 0 aromatic heterocycles. The largest absolute Gasteiger partial charge is 0.492 e. The Bertz CT molecular complexity index is 305. The quantitative estimate of drug-likeness (QED) is 0.582. The summed E-state index contributed by atoms with van der Waals surface area (Å²) in [5.74, 6) is 0.662. The van der Waals surface area contributed by atoms with Gasteiger partial charge in [0.15, 0.2) is 0 Å². The third-order valence-electron chi connectivity index (χ3n) is 2.02. The van der Waals surface area contributed by atoms with Gasteiger partial charge >= 0.3 is 0 Å². The number of nitrogens with two attached hydrogens (primary N) is 1. The van der Waals surface area contributed by atoms with Crippen molar-refractivity contribution in [3.05, 3.63) is 23.2 Å². The number of hydrogen-bond donors (Lipinski definition) is 2. The van der Waals surface area contributed by atoms with E-state index < -0.39 is 0 Å². The van der Waals surface area contributed by atoms with Crippen molar-refractivity contribution in [3.63, 3.8) is 0 Å². The van der Waals surface area contributed by atoms with Crippen LogP contribution in [0.15, 0.2) is 18.2 Å². The Labute approximate surface area is 94.8 Å². The molecule has 0 bridgehead atoms. The smallest absolute Gasteiger partial charge is 0.138 e. The van der Waals surface area contributed by atoms with Crippen molar-refractivity contribution in [3.8, 4) is 5.75 Å². The average Bonchev–Trinajstić information content (AvgIpc) is 2.20. The molecule has 0 fully saturated rings. The third kappa shape index (κ3) is 4.40. The molecule has 0 aliphatic carbocycles. The highest BCUT2D eigenvalue weighted by atomic mass is 35.5. The standard InChI is InChI=1S/C11H16ClNO2/c12-10-8-9(13)4-5-11(10)15-7-3-1-2-6-14/h4-5,8,14H,1-3,6-7,13H2. The predicted molar refractivity (Wildman–Crippen MR) is 62.3 cm³/mol. The Hall–Kier alpha value is -0.930. The van der Waals surface area contributed by atoms with Crippen molar-refractivity contribution in [2.45, 2.75) is 19.3 Å². The van der Waals surface area contributed by atoms with Crippen LogP contribution in [-0.2, 0) is 0 Å². The van der Waals surface area contributed by atoms with Gasteiger partial charge in [-0.25, -0.2) is 0 Å². The van der Waals surface area contributed by atoms with Gasteiger partial charge in [0.2, 0.25) is 0 Å². The lowest BCUT2D eigenvalue weighted by molar-refractivity contribution is 0.266. The number of rotatable bonds is 6. The molecule has 0 unspecified atom stereocenters. The molecule has 3 N–H and O–H groups in total. The summed E-state index contributed by atoms with van der Waals surface area (Å²) in [6.45, 7) is 0.853. The molecule has 84 valence electrons. The first-order chi connectivity index (χ1) is 7.24. The van der Waals surface area contributed by atoms with Crippen molar-refractivity contribution in [2.24, 2.45) is 0 Å². The van der Waals surface area contributed by atoms with E-state index in [9.17, 15) is 0 Å². The summed E-state index contributed by atoms with van der Waals surface area (Å²) >= 11 is 5.92. The molecule has 0 atom stereocenters. The van der Waals surface area contributed by atoms with Crippen molar-refractivity contribution in [2.75, 3.05) is 18.9 Å². The molecule has 15 heavy (non-hydrogen) atoms. The van der Waals surface area contributed by atoms with E-state index in [4.69, 9.17) is 27.2 Å². The van der Waals surface area contributed by atoms with Gasteiger partial charge in [0.05, 0.1) is 11.6 Å². The molecular weight excluding hydrogens is 214 g/mol. The van der Waals surface area contributed by atoms with Crippen LogP contribution in [0.1, 0.15) is 19.3 Å². The van der Waals surface area contributed by atoms with E-state index in [1.807, 2.05) is 0 Å². The van der Waals surface area contributed by atoms with E-state index >= 15 is 0 Å². The lowest BCUT2D eigenvalue weighted by atomic mass is 10.2. The summed E-state index contributed by atoms with van der Waals surface area (Å²) in [6.07, 6.45) is 2.70. The van der Waals surface area contributed by atoms with Gasteiger partial charge in [0.25, 0.3) is 0 Å². The summed E-state index contributed by atoms with van der Waals surface area (Å²) in [7, 11) is 0. The lowest BCUT2D eigenvalue weighted by Gasteiger charge is -2.07. The van der Waals surface area contributed by atoms with Crippen LogP contribution in [0, 0.1) is 0 Å². The number of benzene rings is 1. The molecule has 3 nitrogen and oxygen atoms in total. The number of anilines is 1. The third-order valence-corrected chi connectivity index (χ3v) is 2.31. The fourth-order valence-electron chi connectivity index (χ4n) is 1.21. The fraction of sp³-hybridized carbons (Fsp3) is 0.455. The monoisotopic (exact) mass is 229 g/mol. The normalized spacial score (nSPS) is 10.3. The molecule has 4 heteroatoms. The summed E-state index contributed by atoms with van der Waals surface area (Å²) in [5, 5.41) is 9.12. The Balaban J connectivity index is 2.31. The molecule has 0 saturated heterocycles. The van der Waals surface area contributed by atoms with Gasteiger partial charge < -0.3 is 15.6 Å². The van der Waals surface area contributed by atoms with Crippen LogP contribution < -0.4 is 10.5 Å². The van der Waals surface area contributed by atoms with E-state index in [1.54, 1.807) is 18.2 Å². The van der Waals surface area contributed by atoms with Gasteiger partial charge in [0, 0.05) is 12.3 Å². The fourth-order valence-corrected chi connectivity index (χ4v) is 1.45. The van der Waals surface area contributed by atoms with Gasteiger partial charge in [0.1, 0.15) is 5.75 Å². The predicted octanol–water partition coefficient (Wildman–Crippen LogP) is 2.46. The number of hydrogen-bond acceptors (Lipinski definition) is 3. The topological polar surface area (TPSA) is 55.5 Å². The highest BCUT2D eigenvalue weighted by molar-refractivity contribution is 6.32. The molecule has 0 aliphatic rings. The first-order valence-electron chi connectivity index (χ1n) is 5.02. The number of halogens is 1.